The number of rotatable bonds is 2. The van der Waals surface area contributed by atoms with Crippen LogP contribution in [0.15, 0.2) is 42.0 Å². The number of benzene rings is 2. The van der Waals surface area contributed by atoms with Gasteiger partial charge in [-0.2, -0.15) is 0 Å². The summed E-state index contributed by atoms with van der Waals surface area (Å²) in [6, 6.07) is 8.81. The third-order valence-corrected chi connectivity index (χ3v) is 4.05. The van der Waals surface area contributed by atoms with Crippen LogP contribution in [0.2, 0.25) is 5.02 Å². The molecule has 1 fully saturated rings. The second-order valence-electron chi connectivity index (χ2n) is 5.35. The smallest absolute Gasteiger partial charge is 0.282 e. The Bertz CT molecular complexity index is 944. The van der Waals surface area contributed by atoms with E-state index in [0.717, 1.165) is 11.1 Å². The van der Waals surface area contributed by atoms with E-state index in [4.69, 9.17) is 21.1 Å². The maximum absolute atomic E-state index is 13.3. The highest BCUT2D eigenvalue weighted by atomic mass is 35.5. The Labute approximate surface area is 146 Å². The van der Waals surface area contributed by atoms with Gasteiger partial charge >= 0.3 is 0 Å². The normalized spacial score (nSPS) is 17.4. The minimum Gasteiger partial charge on any atom is -0.454 e. The average molecular weight is 361 g/mol. The number of hydrogen-bond donors (Lipinski definition) is 1. The maximum Gasteiger partial charge on any atom is 0.282 e. The molecule has 2 aromatic carbocycles. The molecule has 0 spiro atoms. The van der Waals surface area contributed by atoms with Gasteiger partial charge in [0.1, 0.15) is 11.4 Å². The van der Waals surface area contributed by atoms with E-state index in [-0.39, 0.29) is 23.1 Å². The SMILES string of the molecule is O=C1NN(c2ccc(F)c(Cl)c2)C(=O)/C1=C\c1ccc2c(c1)OCO2. The van der Waals surface area contributed by atoms with Crippen LogP contribution in [-0.2, 0) is 9.59 Å². The topological polar surface area (TPSA) is 67.9 Å². The van der Waals surface area contributed by atoms with E-state index in [1.807, 2.05) is 0 Å². The molecule has 8 heteroatoms. The predicted octanol–water partition coefficient (Wildman–Crippen LogP) is 2.67. The molecule has 0 aromatic heterocycles. The van der Waals surface area contributed by atoms with Crippen molar-refractivity contribution >= 4 is 35.2 Å². The van der Waals surface area contributed by atoms with Crippen LogP contribution in [0.3, 0.4) is 0 Å². The van der Waals surface area contributed by atoms with Crippen molar-refractivity contribution in [3.8, 4) is 11.5 Å². The van der Waals surface area contributed by atoms with Gasteiger partial charge < -0.3 is 9.47 Å². The molecule has 0 atom stereocenters. The van der Waals surface area contributed by atoms with Crippen molar-refractivity contribution in [2.75, 3.05) is 11.8 Å². The van der Waals surface area contributed by atoms with Crippen molar-refractivity contribution in [1.29, 1.82) is 0 Å². The summed E-state index contributed by atoms with van der Waals surface area (Å²) in [6.07, 6.45) is 1.45. The Hall–Kier alpha value is -3.06. The molecule has 2 aliphatic rings. The number of amides is 2. The van der Waals surface area contributed by atoms with Crippen molar-refractivity contribution < 1.29 is 23.5 Å². The van der Waals surface area contributed by atoms with Gasteiger partial charge in [-0.1, -0.05) is 17.7 Å². The fourth-order valence-electron chi connectivity index (χ4n) is 2.53. The minimum absolute atomic E-state index is 0.0562. The summed E-state index contributed by atoms with van der Waals surface area (Å²) in [5.41, 5.74) is 3.25. The molecule has 126 valence electrons. The molecule has 0 radical (unpaired) electrons. The molecule has 0 saturated carbocycles. The number of halogens is 2. The van der Waals surface area contributed by atoms with Crippen LogP contribution in [0.1, 0.15) is 5.56 Å². The number of carbonyl (C=O) groups is 2. The molecule has 4 rings (SSSR count). The molecule has 25 heavy (non-hydrogen) atoms. The summed E-state index contributed by atoms with van der Waals surface area (Å²) >= 11 is 5.73. The molecular weight excluding hydrogens is 351 g/mol. The molecule has 2 aliphatic heterocycles. The highest BCUT2D eigenvalue weighted by Gasteiger charge is 2.34. The number of anilines is 1. The van der Waals surface area contributed by atoms with Crippen molar-refractivity contribution in [2.45, 2.75) is 0 Å². The van der Waals surface area contributed by atoms with Crippen molar-refractivity contribution in [3.63, 3.8) is 0 Å². The van der Waals surface area contributed by atoms with Crippen LogP contribution >= 0.6 is 11.6 Å². The lowest BCUT2D eigenvalue weighted by molar-refractivity contribution is -0.117. The van der Waals surface area contributed by atoms with E-state index < -0.39 is 17.6 Å². The summed E-state index contributed by atoms with van der Waals surface area (Å²) in [5, 5.41) is 0.875. The van der Waals surface area contributed by atoms with Crippen LogP contribution in [-0.4, -0.2) is 18.6 Å². The lowest BCUT2D eigenvalue weighted by Crippen LogP contribution is -2.35. The number of ether oxygens (including phenoxy) is 2. The molecule has 2 aromatic rings. The molecule has 0 bridgehead atoms. The molecule has 2 amide bonds. The first-order valence-electron chi connectivity index (χ1n) is 7.25. The van der Waals surface area contributed by atoms with E-state index in [1.54, 1.807) is 18.2 Å². The zero-order chi connectivity index (χ0) is 17.6. The quantitative estimate of drug-likeness (QED) is 0.660. The summed E-state index contributed by atoms with van der Waals surface area (Å²) in [5.74, 6) is -0.595. The molecule has 2 heterocycles. The number of hydrazine groups is 1. The Morgan fingerprint density at radius 1 is 1.12 bits per heavy atom. The molecule has 6 nitrogen and oxygen atoms in total. The van der Waals surface area contributed by atoms with Crippen LogP contribution < -0.4 is 19.9 Å². The highest BCUT2D eigenvalue weighted by molar-refractivity contribution is 6.33. The van der Waals surface area contributed by atoms with Gasteiger partial charge in [-0.05, 0) is 42.0 Å². The minimum atomic E-state index is -0.612. The van der Waals surface area contributed by atoms with Crippen molar-refractivity contribution in [2.24, 2.45) is 0 Å². The molecule has 0 unspecified atom stereocenters. The Balaban J connectivity index is 1.66. The fourth-order valence-corrected chi connectivity index (χ4v) is 2.71. The molecule has 1 N–H and O–H groups in total. The summed E-state index contributed by atoms with van der Waals surface area (Å²) in [4.78, 5) is 24.7. The Morgan fingerprint density at radius 3 is 2.72 bits per heavy atom. The van der Waals surface area contributed by atoms with Crippen molar-refractivity contribution in [1.82, 2.24) is 5.43 Å². The maximum atomic E-state index is 13.3. The Morgan fingerprint density at radius 2 is 1.92 bits per heavy atom. The summed E-state index contributed by atoms with van der Waals surface area (Å²) < 4.78 is 23.8. The summed E-state index contributed by atoms with van der Waals surface area (Å²) in [6.45, 7) is 0.133. The van der Waals surface area contributed by atoms with Gasteiger partial charge in [-0.25, -0.2) is 9.40 Å². The first-order chi connectivity index (χ1) is 12.0. The van der Waals surface area contributed by atoms with Crippen LogP contribution in [0, 0.1) is 5.82 Å². The predicted molar refractivity (Wildman–Crippen MR) is 87.6 cm³/mol. The lowest BCUT2D eigenvalue weighted by atomic mass is 10.1. The number of fused-ring (bicyclic) bond motifs is 1. The third-order valence-electron chi connectivity index (χ3n) is 3.76. The van der Waals surface area contributed by atoms with E-state index in [0.29, 0.717) is 17.1 Å². The van der Waals surface area contributed by atoms with Crippen LogP contribution in [0.4, 0.5) is 10.1 Å². The van der Waals surface area contributed by atoms with Gasteiger partial charge in [0.25, 0.3) is 11.8 Å². The fraction of sp³-hybridized carbons (Fsp3) is 0.0588. The Kier molecular flexibility index (Phi) is 3.58. The zero-order valence-corrected chi connectivity index (χ0v) is 13.3. The summed E-state index contributed by atoms with van der Waals surface area (Å²) in [7, 11) is 0. The monoisotopic (exact) mass is 360 g/mol. The molecule has 1 saturated heterocycles. The first kappa shape index (κ1) is 15.5. The van der Waals surface area contributed by atoms with Gasteiger partial charge in [-0.3, -0.25) is 15.0 Å². The third kappa shape index (κ3) is 2.68. The van der Waals surface area contributed by atoms with Crippen LogP contribution in [0.5, 0.6) is 11.5 Å². The number of nitrogens with zero attached hydrogens (tertiary/aromatic N) is 1. The van der Waals surface area contributed by atoms with Gasteiger partial charge in [0.15, 0.2) is 11.5 Å². The van der Waals surface area contributed by atoms with E-state index in [9.17, 15) is 14.0 Å². The second kappa shape index (κ2) is 5.78. The standard InChI is InChI=1S/C17H10ClFN2O4/c18-12-7-10(2-3-13(12)19)21-17(23)11(16(22)20-21)5-9-1-4-14-15(6-9)25-8-24-14/h1-7H,8H2,(H,20,22)/b11-5-. The zero-order valence-electron chi connectivity index (χ0n) is 12.6. The van der Waals surface area contributed by atoms with Crippen LogP contribution in [0.25, 0.3) is 6.08 Å². The largest absolute Gasteiger partial charge is 0.454 e. The first-order valence-corrected chi connectivity index (χ1v) is 7.62. The molecule has 0 aliphatic carbocycles. The number of hydrogen-bond acceptors (Lipinski definition) is 4. The second-order valence-corrected chi connectivity index (χ2v) is 5.76. The van der Waals surface area contributed by atoms with E-state index in [2.05, 4.69) is 5.43 Å². The van der Waals surface area contributed by atoms with Gasteiger partial charge in [0.2, 0.25) is 6.79 Å². The van der Waals surface area contributed by atoms with Crippen molar-refractivity contribution in [3.05, 3.63) is 58.4 Å². The van der Waals surface area contributed by atoms with Gasteiger partial charge in [-0.15, -0.1) is 0 Å². The van der Waals surface area contributed by atoms with E-state index in [1.165, 1.54) is 18.2 Å². The number of carbonyl (C=O) groups excluding carboxylic acids is 2. The highest BCUT2D eigenvalue weighted by Crippen LogP contribution is 2.33. The number of nitrogens with one attached hydrogen (secondary N) is 1. The van der Waals surface area contributed by atoms with Gasteiger partial charge in [0.05, 0.1) is 10.7 Å². The lowest BCUT2D eigenvalue weighted by Gasteiger charge is -2.14. The average Bonchev–Trinajstić information content (AvgIpc) is 3.16. The molecular formula is C17H10ClFN2O4. The van der Waals surface area contributed by atoms with Gasteiger partial charge in [0, 0.05) is 0 Å². The van der Waals surface area contributed by atoms with E-state index >= 15 is 0 Å².